The second-order valence-corrected chi connectivity index (χ2v) is 2.09. The van der Waals surface area contributed by atoms with Gasteiger partial charge in [0.2, 0.25) is 5.34 Å². The minimum absolute atomic E-state index is 0.386. The van der Waals surface area contributed by atoms with Crippen molar-refractivity contribution in [3.8, 4) is 0 Å². The van der Waals surface area contributed by atoms with Gasteiger partial charge in [-0.2, -0.15) is 0 Å². The minimum Gasteiger partial charge on any atom is -0.330 e. The van der Waals surface area contributed by atoms with Crippen molar-refractivity contribution < 1.29 is 14.7 Å². The van der Waals surface area contributed by atoms with Crippen LogP contribution in [0.2, 0.25) is 0 Å². The first-order valence-electron chi connectivity index (χ1n) is 3.38. The van der Waals surface area contributed by atoms with Gasteiger partial charge in [0.15, 0.2) is 0 Å². The van der Waals surface area contributed by atoms with Crippen LogP contribution in [0.25, 0.3) is 0 Å². The largest absolute Gasteiger partial charge is 0.374 e. The number of hydrogen-bond acceptors (Lipinski definition) is 7. The third-order valence-electron chi connectivity index (χ3n) is 1.17. The third-order valence-corrected chi connectivity index (χ3v) is 1.17. The maximum absolute atomic E-state index is 10.7. The molecule has 0 radical (unpaired) electrons. The summed E-state index contributed by atoms with van der Waals surface area (Å²) in [6, 6.07) is -0.824. The normalized spacial score (nSPS) is 11.8. The van der Waals surface area contributed by atoms with Crippen LogP contribution in [0.3, 0.4) is 0 Å². The van der Waals surface area contributed by atoms with Crippen LogP contribution in [0.5, 0.6) is 0 Å². The Balaban J connectivity index is 3.53. The van der Waals surface area contributed by atoms with Gasteiger partial charge in [0, 0.05) is 0 Å². The van der Waals surface area contributed by atoms with Gasteiger partial charge in [-0.05, 0) is 19.4 Å². The van der Waals surface area contributed by atoms with Crippen LogP contribution in [0, 0.1) is 4.91 Å². The van der Waals surface area contributed by atoms with E-state index in [0.29, 0.717) is 19.4 Å². The van der Waals surface area contributed by atoms with Crippen molar-refractivity contribution in [2.75, 3.05) is 6.54 Å². The molecule has 0 fully saturated rings. The fraction of sp³-hybridized carbons (Fsp3) is 0.800. The van der Waals surface area contributed by atoms with Gasteiger partial charge in [0.05, 0.1) is 0 Å². The summed E-state index contributed by atoms with van der Waals surface area (Å²) in [7, 11) is 0. The number of hydrogen-bond donors (Lipinski definition) is 2. The maximum Gasteiger partial charge on any atom is 0.374 e. The Morgan fingerprint density at radius 2 is 2.25 bits per heavy atom. The van der Waals surface area contributed by atoms with E-state index in [9.17, 15) is 9.70 Å². The van der Waals surface area contributed by atoms with Gasteiger partial charge < -0.3 is 11.5 Å². The van der Waals surface area contributed by atoms with Gasteiger partial charge in [0.1, 0.15) is 6.04 Å². The molecule has 0 aromatic heterocycles. The molecule has 0 rings (SSSR count). The van der Waals surface area contributed by atoms with Crippen LogP contribution in [-0.2, 0) is 14.7 Å². The summed E-state index contributed by atoms with van der Waals surface area (Å²) in [6.45, 7) is 0.438. The van der Waals surface area contributed by atoms with Crippen molar-refractivity contribution in [2.24, 2.45) is 16.8 Å². The lowest BCUT2D eigenvalue weighted by molar-refractivity contribution is -0.275. The van der Waals surface area contributed by atoms with Crippen LogP contribution in [0.4, 0.5) is 0 Å². The molecular weight excluding hydrogens is 166 g/mol. The van der Waals surface area contributed by atoms with E-state index < -0.39 is 12.0 Å². The predicted octanol–water partition coefficient (Wildman–Crippen LogP) is -0.791. The summed E-state index contributed by atoms with van der Waals surface area (Å²) in [6.07, 6.45) is 0.988. The molecule has 0 aliphatic carbocycles. The van der Waals surface area contributed by atoms with Gasteiger partial charge in [-0.25, -0.2) is 9.68 Å². The molecule has 12 heavy (non-hydrogen) atoms. The van der Waals surface area contributed by atoms with Crippen molar-refractivity contribution in [1.29, 1.82) is 0 Å². The molecular formula is C5H11N3O4. The van der Waals surface area contributed by atoms with E-state index >= 15 is 0 Å². The fourth-order valence-electron chi connectivity index (χ4n) is 0.569. The van der Waals surface area contributed by atoms with Crippen molar-refractivity contribution in [2.45, 2.75) is 18.9 Å². The smallest absolute Gasteiger partial charge is 0.330 e. The summed E-state index contributed by atoms with van der Waals surface area (Å²) in [4.78, 5) is 27.4. The molecule has 0 amide bonds. The van der Waals surface area contributed by atoms with Crippen molar-refractivity contribution in [1.82, 2.24) is 0 Å². The maximum atomic E-state index is 10.7. The molecule has 0 saturated heterocycles. The van der Waals surface area contributed by atoms with E-state index in [-0.39, 0.29) is 0 Å². The van der Waals surface area contributed by atoms with Crippen molar-refractivity contribution in [3.63, 3.8) is 0 Å². The average molecular weight is 177 g/mol. The van der Waals surface area contributed by atoms with Crippen LogP contribution >= 0.6 is 0 Å². The van der Waals surface area contributed by atoms with E-state index in [1.807, 2.05) is 5.34 Å². The van der Waals surface area contributed by atoms with Gasteiger partial charge in [-0.1, -0.05) is 0 Å². The standard InChI is InChI=1S/C5H11N3O4/c6-3-1-2-4(7)5(9)11-12-8-10/h4H,1-3,6-7H2. The Bertz CT molecular complexity index is 152. The van der Waals surface area contributed by atoms with E-state index in [1.165, 1.54) is 0 Å². The number of nitrogens with zero attached hydrogens (tertiary/aromatic N) is 1. The number of carbonyl (C=O) groups excluding carboxylic acids is 1. The van der Waals surface area contributed by atoms with Gasteiger partial charge >= 0.3 is 5.97 Å². The topological polar surface area (TPSA) is 117 Å². The van der Waals surface area contributed by atoms with Crippen molar-refractivity contribution in [3.05, 3.63) is 4.91 Å². The second-order valence-electron chi connectivity index (χ2n) is 2.09. The molecule has 0 aromatic carbocycles. The lowest BCUT2D eigenvalue weighted by Crippen LogP contribution is -2.32. The molecule has 70 valence electrons. The molecule has 7 heteroatoms. The van der Waals surface area contributed by atoms with Gasteiger partial charge in [-0.3, -0.25) is 0 Å². The summed E-state index contributed by atoms with van der Waals surface area (Å²) >= 11 is 0. The quantitative estimate of drug-likeness (QED) is 0.312. The van der Waals surface area contributed by atoms with Gasteiger partial charge in [0.25, 0.3) is 0 Å². The Morgan fingerprint density at radius 3 is 2.75 bits per heavy atom. The average Bonchev–Trinajstić information content (AvgIpc) is 2.10. The summed E-state index contributed by atoms with van der Waals surface area (Å²) in [5.74, 6) is -0.831. The first-order chi connectivity index (χ1) is 5.72. The highest BCUT2D eigenvalue weighted by atomic mass is 17.3. The molecule has 0 aliphatic heterocycles. The highest BCUT2D eigenvalue weighted by Crippen LogP contribution is 1.96. The molecule has 1 unspecified atom stereocenters. The molecule has 0 heterocycles. The lowest BCUT2D eigenvalue weighted by atomic mass is 10.2. The van der Waals surface area contributed by atoms with Crippen LogP contribution < -0.4 is 11.5 Å². The Morgan fingerprint density at radius 1 is 1.58 bits per heavy atom. The van der Waals surface area contributed by atoms with E-state index in [0.717, 1.165) is 0 Å². The summed E-state index contributed by atoms with van der Waals surface area (Å²) < 4.78 is 0. The lowest BCUT2D eigenvalue weighted by Gasteiger charge is -2.05. The Kier molecular flexibility index (Phi) is 5.84. The Labute approximate surface area is 68.8 Å². The van der Waals surface area contributed by atoms with E-state index in [4.69, 9.17) is 11.5 Å². The Hall–Kier alpha value is -1.21. The predicted molar refractivity (Wildman–Crippen MR) is 39.2 cm³/mol. The number of rotatable bonds is 6. The van der Waals surface area contributed by atoms with E-state index in [1.54, 1.807) is 0 Å². The molecule has 0 spiro atoms. The number of carbonyl (C=O) groups is 1. The highest BCUT2D eigenvalue weighted by Gasteiger charge is 2.15. The minimum atomic E-state index is -0.831. The SMILES string of the molecule is NCCCC(N)C(=O)OON=O. The molecule has 0 saturated carbocycles. The first-order valence-corrected chi connectivity index (χ1v) is 3.38. The molecule has 1 atom stereocenters. The van der Waals surface area contributed by atoms with Gasteiger partial charge in [-0.15, -0.1) is 9.90 Å². The molecule has 0 aromatic rings. The first kappa shape index (κ1) is 10.8. The van der Waals surface area contributed by atoms with E-state index in [2.05, 4.69) is 9.88 Å². The molecule has 0 aliphatic rings. The molecule has 4 N–H and O–H groups in total. The molecule has 7 nitrogen and oxygen atoms in total. The zero-order valence-corrected chi connectivity index (χ0v) is 6.43. The summed E-state index contributed by atoms with van der Waals surface area (Å²) in [5, 5.41) is 1.87. The number of nitrogens with two attached hydrogens (primary N) is 2. The summed E-state index contributed by atoms with van der Waals surface area (Å²) in [5.41, 5.74) is 10.5. The molecule has 0 bridgehead atoms. The van der Waals surface area contributed by atoms with Crippen LogP contribution in [0.1, 0.15) is 12.8 Å². The monoisotopic (exact) mass is 177 g/mol. The second kappa shape index (κ2) is 6.50. The zero-order valence-electron chi connectivity index (χ0n) is 6.43. The highest BCUT2D eigenvalue weighted by molar-refractivity contribution is 5.74. The van der Waals surface area contributed by atoms with Crippen molar-refractivity contribution >= 4 is 5.97 Å². The van der Waals surface area contributed by atoms with Crippen LogP contribution in [0.15, 0.2) is 5.34 Å². The fourth-order valence-corrected chi connectivity index (χ4v) is 0.569. The zero-order chi connectivity index (χ0) is 9.40. The van der Waals surface area contributed by atoms with Crippen LogP contribution in [-0.4, -0.2) is 18.6 Å². The third kappa shape index (κ3) is 4.58.